The van der Waals surface area contributed by atoms with Gasteiger partial charge >= 0.3 is 0 Å². The number of piperazine rings is 1. The third kappa shape index (κ3) is 6.30. The largest absolute Gasteiger partial charge is 0.376 e. The molecule has 0 aliphatic carbocycles. The predicted molar refractivity (Wildman–Crippen MR) is 110 cm³/mol. The summed E-state index contributed by atoms with van der Waals surface area (Å²) in [5, 5.41) is 3.40. The van der Waals surface area contributed by atoms with Gasteiger partial charge in [-0.3, -0.25) is 9.59 Å². The maximum Gasteiger partial charge on any atom is 0.251 e. The Hall–Kier alpha value is -1.87. The molecular weight excluding hydrogens is 374 g/mol. The molecule has 9 nitrogen and oxygen atoms in total. The van der Waals surface area contributed by atoms with Gasteiger partial charge in [0, 0.05) is 60.0 Å². The molecule has 3 aliphatic rings. The molecule has 0 aromatic carbocycles. The summed E-state index contributed by atoms with van der Waals surface area (Å²) >= 11 is 0. The number of guanidine groups is 1. The van der Waals surface area contributed by atoms with E-state index in [1.54, 1.807) is 19.0 Å². The van der Waals surface area contributed by atoms with Gasteiger partial charge in [0.1, 0.15) is 12.6 Å². The van der Waals surface area contributed by atoms with Crippen molar-refractivity contribution in [2.45, 2.75) is 44.3 Å². The number of nitrogens with zero attached hydrogens (tertiary/aromatic N) is 4. The van der Waals surface area contributed by atoms with Crippen LogP contribution in [0, 0.1) is 0 Å². The van der Waals surface area contributed by atoms with Crippen LogP contribution in [-0.2, 0) is 19.1 Å². The molecule has 0 aromatic heterocycles. The van der Waals surface area contributed by atoms with E-state index >= 15 is 0 Å². The number of carbonyl (C=O) groups excluding carboxylic acids is 2. The molecule has 164 valence electrons. The monoisotopic (exact) mass is 409 g/mol. The van der Waals surface area contributed by atoms with Crippen LogP contribution in [0.15, 0.2) is 4.99 Å². The minimum atomic E-state index is -0.269. The lowest BCUT2D eigenvalue weighted by Gasteiger charge is -2.37. The van der Waals surface area contributed by atoms with Gasteiger partial charge in [-0.2, -0.15) is 0 Å². The lowest BCUT2D eigenvalue weighted by molar-refractivity contribution is -0.142. The molecular formula is C20H35N5O4. The summed E-state index contributed by atoms with van der Waals surface area (Å²) in [6.45, 7) is 4.93. The summed E-state index contributed by atoms with van der Waals surface area (Å²) in [5.74, 6) is 0.788. The van der Waals surface area contributed by atoms with Gasteiger partial charge in [-0.15, -0.1) is 0 Å². The molecule has 0 radical (unpaired) electrons. The quantitative estimate of drug-likeness (QED) is 0.505. The first-order valence-electron chi connectivity index (χ1n) is 10.8. The zero-order valence-electron chi connectivity index (χ0n) is 17.8. The first-order valence-corrected chi connectivity index (χ1v) is 10.8. The average Bonchev–Trinajstić information content (AvgIpc) is 3.29. The van der Waals surface area contributed by atoms with E-state index in [0.29, 0.717) is 39.3 Å². The van der Waals surface area contributed by atoms with E-state index in [0.717, 1.165) is 38.2 Å². The van der Waals surface area contributed by atoms with Crippen LogP contribution in [0.3, 0.4) is 0 Å². The van der Waals surface area contributed by atoms with Crippen molar-refractivity contribution in [1.82, 2.24) is 20.0 Å². The molecule has 3 aliphatic heterocycles. The maximum atomic E-state index is 12.6. The molecule has 3 fully saturated rings. The number of hydrogen-bond acceptors (Lipinski definition) is 5. The van der Waals surface area contributed by atoms with E-state index in [4.69, 9.17) is 9.47 Å². The highest BCUT2D eigenvalue weighted by Crippen LogP contribution is 2.16. The molecule has 1 N–H and O–H groups in total. The molecule has 2 atom stereocenters. The minimum absolute atomic E-state index is 0.0367. The highest BCUT2D eigenvalue weighted by Gasteiger charge is 2.31. The Morgan fingerprint density at radius 2 is 1.72 bits per heavy atom. The Labute approximate surface area is 173 Å². The zero-order valence-corrected chi connectivity index (χ0v) is 17.8. The van der Waals surface area contributed by atoms with E-state index in [-0.39, 0.29) is 30.6 Å². The summed E-state index contributed by atoms with van der Waals surface area (Å²) in [6.07, 6.45) is 5.04. The second-order valence-corrected chi connectivity index (χ2v) is 8.11. The topological polar surface area (TPSA) is 86.7 Å². The molecule has 3 saturated heterocycles. The number of rotatable bonds is 5. The van der Waals surface area contributed by atoms with E-state index in [9.17, 15) is 9.59 Å². The number of amides is 2. The van der Waals surface area contributed by atoms with Gasteiger partial charge in [-0.1, -0.05) is 0 Å². The van der Waals surface area contributed by atoms with Crippen molar-refractivity contribution in [3.05, 3.63) is 0 Å². The molecule has 0 spiro atoms. The van der Waals surface area contributed by atoms with Crippen LogP contribution in [0.2, 0.25) is 0 Å². The van der Waals surface area contributed by atoms with E-state index in [1.165, 1.54) is 6.42 Å². The Morgan fingerprint density at radius 1 is 1.00 bits per heavy atom. The summed E-state index contributed by atoms with van der Waals surface area (Å²) in [4.78, 5) is 34.7. The Kier molecular flexibility index (Phi) is 8.11. The number of hydrogen-bond donors (Lipinski definition) is 1. The van der Waals surface area contributed by atoms with Crippen molar-refractivity contribution in [2.75, 3.05) is 66.6 Å². The standard InChI is InChI=1S/C20H35N5O4/c1-23(2)18(26)15-22-20(21-14-16-6-3-4-12-28-16)25-10-8-24(9-11-25)19(27)17-7-5-13-29-17/h16-17H,3-15H2,1-2H3,(H,21,22). The molecule has 3 heterocycles. The first kappa shape index (κ1) is 21.8. The summed E-state index contributed by atoms with van der Waals surface area (Å²) in [5.41, 5.74) is 0. The van der Waals surface area contributed by atoms with Crippen molar-refractivity contribution in [2.24, 2.45) is 4.99 Å². The fourth-order valence-electron chi connectivity index (χ4n) is 3.84. The Balaban J connectivity index is 1.55. The Morgan fingerprint density at radius 3 is 2.34 bits per heavy atom. The highest BCUT2D eigenvalue weighted by atomic mass is 16.5. The van der Waals surface area contributed by atoms with Gasteiger partial charge in [-0.05, 0) is 32.1 Å². The molecule has 2 unspecified atom stereocenters. The first-order chi connectivity index (χ1) is 14.0. The van der Waals surface area contributed by atoms with Crippen molar-refractivity contribution >= 4 is 17.8 Å². The predicted octanol–water partition coefficient (Wildman–Crippen LogP) is -0.0875. The number of carbonyl (C=O) groups is 2. The van der Waals surface area contributed by atoms with E-state index < -0.39 is 0 Å². The van der Waals surface area contributed by atoms with Crippen LogP contribution < -0.4 is 5.32 Å². The SMILES string of the molecule is CN(C)C(=O)CN=C(NCC1CCCCO1)N1CCN(C(=O)C2CCCO2)CC1. The van der Waals surface area contributed by atoms with Crippen LogP contribution in [-0.4, -0.2) is 111 Å². The van der Waals surface area contributed by atoms with Gasteiger partial charge in [0.2, 0.25) is 5.91 Å². The van der Waals surface area contributed by atoms with Crippen LogP contribution in [0.25, 0.3) is 0 Å². The van der Waals surface area contributed by atoms with Crippen molar-refractivity contribution in [1.29, 1.82) is 0 Å². The molecule has 3 rings (SSSR count). The molecule has 9 heteroatoms. The van der Waals surface area contributed by atoms with Crippen molar-refractivity contribution in [3.8, 4) is 0 Å². The molecule has 2 amide bonds. The second-order valence-electron chi connectivity index (χ2n) is 8.11. The third-order valence-electron chi connectivity index (χ3n) is 5.72. The van der Waals surface area contributed by atoms with Gasteiger partial charge in [0.15, 0.2) is 5.96 Å². The molecule has 0 aromatic rings. The fraction of sp³-hybridized carbons (Fsp3) is 0.850. The normalized spacial score (nSPS) is 25.8. The molecule has 0 saturated carbocycles. The molecule has 0 bridgehead atoms. The molecule has 29 heavy (non-hydrogen) atoms. The summed E-state index contributed by atoms with van der Waals surface area (Å²) in [7, 11) is 3.46. The van der Waals surface area contributed by atoms with Crippen LogP contribution in [0.1, 0.15) is 32.1 Å². The van der Waals surface area contributed by atoms with Crippen LogP contribution in [0.4, 0.5) is 0 Å². The zero-order chi connectivity index (χ0) is 20.6. The number of likely N-dealkylation sites (N-methyl/N-ethyl adjacent to an activating group) is 1. The van der Waals surface area contributed by atoms with Gasteiger partial charge in [0.05, 0.1) is 6.10 Å². The van der Waals surface area contributed by atoms with Gasteiger partial charge < -0.3 is 29.5 Å². The lowest BCUT2D eigenvalue weighted by Crippen LogP contribution is -2.56. The summed E-state index contributed by atoms with van der Waals surface area (Å²) < 4.78 is 11.3. The lowest BCUT2D eigenvalue weighted by atomic mass is 10.1. The van der Waals surface area contributed by atoms with Crippen molar-refractivity contribution < 1.29 is 19.1 Å². The summed E-state index contributed by atoms with van der Waals surface area (Å²) in [6, 6.07) is 0. The second kappa shape index (κ2) is 10.8. The maximum absolute atomic E-state index is 12.6. The average molecular weight is 410 g/mol. The van der Waals surface area contributed by atoms with E-state index in [1.807, 2.05) is 4.90 Å². The van der Waals surface area contributed by atoms with Gasteiger partial charge in [-0.25, -0.2) is 4.99 Å². The van der Waals surface area contributed by atoms with E-state index in [2.05, 4.69) is 15.2 Å². The highest BCUT2D eigenvalue weighted by molar-refractivity contribution is 5.85. The van der Waals surface area contributed by atoms with Crippen LogP contribution in [0.5, 0.6) is 0 Å². The fourth-order valence-corrected chi connectivity index (χ4v) is 3.84. The Bertz CT molecular complexity index is 577. The van der Waals surface area contributed by atoms with Crippen molar-refractivity contribution in [3.63, 3.8) is 0 Å². The smallest absolute Gasteiger partial charge is 0.251 e. The van der Waals surface area contributed by atoms with Crippen LogP contribution >= 0.6 is 0 Å². The number of ether oxygens (including phenoxy) is 2. The number of nitrogens with one attached hydrogen (secondary N) is 1. The van der Waals surface area contributed by atoms with Gasteiger partial charge in [0.25, 0.3) is 5.91 Å². The number of aliphatic imine (C=N–C) groups is 1. The third-order valence-corrected chi connectivity index (χ3v) is 5.72. The minimum Gasteiger partial charge on any atom is -0.376 e.